The van der Waals surface area contributed by atoms with Gasteiger partial charge < -0.3 is 5.73 Å². The van der Waals surface area contributed by atoms with Crippen molar-refractivity contribution in [1.29, 1.82) is 0 Å². The Balaban J connectivity index is 3.32. The molecule has 1 aromatic heterocycles. The Morgan fingerprint density at radius 1 is 1.36 bits per heavy atom. The SMILES string of the molecule is CCc1cc(CN)nc(S(C)(=O)=O)n1. The highest BCUT2D eigenvalue weighted by atomic mass is 32.2. The van der Waals surface area contributed by atoms with E-state index in [9.17, 15) is 8.42 Å². The molecule has 0 aliphatic heterocycles. The highest BCUT2D eigenvalue weighted by molar-refractivity contribution is 7.90. The number of hydrogen-bond donors (Lipinski definition) is 1. The summed E-state index contributed by atoms with van der Waals surface area (Å²) < 4.78 is 22.4. The average molecular weight is 215 g/mol. The molecule has 0 amide bonds. The van der Waals surface area contributed by atoms with Crippen LogP contribution >= 0.6 is 0 Å². The van der Waals surface area contributed by atoms with Crippen LogP contribution in [0, 0.1) is 0 Å². The van der Waals surface area contributed by atoms with Crippen molar-refractivity contribution in [3.05, 3.63) is 17.5 Å². The fourth-order valence-electron chi connectivity index (χ4n) is 0.979. The molecule has 1 aromatic rings. The van der Waals surface area contributed by atoms with Gasteiger partial charge in [0.15, 0.2) is 0 Å². The molecule has 0 saturated heterocycles. The molecule has 14 heavy (non-hydrogen) atoms. The van der Waals surface area contributed by atoms with Crippen molar-refractivity contribution in [3.63, 3.8) is 0 Å². The third-order valence-corrected chi connectivity index (χ3v) is 2.56. The predicted molar refractivity (Wildman–Crippen MR) is 52.4 cm³/mol. The molecular weight excluding hydrogens is 202 g/mol. The summed E-state index contributed by atoms with van der Waals surface area (Å²) >= 11 is 0. The number of sulfone groups is 1. The van der Waals surface area contributed by atoms with Crippen molar-refractivity contribution < 1.29 is 8.42 Å². The van der Waals surface area contributed by atoms with E-state index in [1.54, 1.807) is 6.07 Å². The number of aromatic nitrogens is 2. The molecule has 0 radical (unpaired) electrons. The summed E-state index contributed by atoms with van der Waals surface area (Å²) in [6, 6.07) is 1.72. The van der Waals surface area contributed by atoms with Gasteiger partial charge in [0.05, 0.1) is 5.69 Å². The van der Waals surface area contributed by atoms with Gasteiger partial charge in [0, 0.05) is 18.5 Å². The molecule has 5 nitrogen and oxygen atoms in total. The van der Waals surface area contributed by atoms with Crippen molar-refractivity contribution in [3.8, 4) is 0 Å². The molecule has 0 aliphatic carbocycles. The summed E-state index contributed by atoms with van der Waals surface area (Å²) in [6.07, 6.45) is 1.75. The van der Waals surface area contributed by atoms with E-state index in [4.69, 9.17) is 5.73 Å². The van der Waals surface area contributed by atoms with Gasteiger partial charge in [0.1, 0.15) is 0 Å². The lowest BCUT2D eigenvalue weighted by molar-refractivity contribution is 0.590. The van der Waals surface area contributed by atoms with Gasteiger partial charge in [0.2, 0.25) is 15.0 Å². The zero-order chi connectivity index (χ0) is 10.8. The maximum absolute atomic E-state index is 11.2. The van der Waals surface area contributed by atoms with Crippen molar-refractivity contribution in [2.45, 2.75) is 25.0 Å². The maximum atomic E-state index is 11.2. The van der Waals surface area contributed by atoms with Gasteiger partial charge >= 0.3 is 0 Å². The van der Waals surface area contributed by atoms with Crippen LogP contribution in [-0.4, -0.2) is 24.6 Å². The second-order valence-electron chi connectivity index (χ2n) is 2.96. The van der Waals surface area contributed by atoms with Crippen molar-refractivity contribution in [2.24, 2.45) is 5.73 Å². The number of hydrogen-bond acceptors (Lipinski definition) is 5. The molecule has 0 aromatic carbocycles. The quantitative estimate of drug-likeness (QED) is 0.712. The molecular formula is C8H13N3O2S. The van der Waals surface area contributed by atoms with Gasteiger partial charge in [-0.05, 0) is 12.5 Å². The molecule has 0 spiro atoms. The molecule has 1 heterocycles. The second kappa shape index (κ2) is 4.02. The highest BCUT2D eigenvalue weighted by Gasteiger charge is 2.12. The summed E-state index contributed by atoms with van der Waals surface area (Å²) in [4.78, 5) is 7.76. The fourth-order valence-corrected chi connectivity index (χ4v) is 1.55. The molecule has 0 aliphatic rings. The van der Waals surface area contributed by atoms with Crippen LogP contribution in [0.1, 0.15) is 18.3 Å². The maximum Gasteiger partial charge on any atom is 0.247 e. The predicted octanol–water partition coefficient (Wildman–Crippen LogP) is -0.0988. The second-order valence-corrected chi connectivity index (χ2v) is 4.87. The Bertz CT molecular complexity index is 406. The molecule has 78 valence electrons. The Kier molecular flexibility index (Phi) is 3.17. The van der Waals surface area contributed by atoms with Crippen molar-refractivity contribution in [1.82, 2.24) is 9.97 Å². The Morgan fingerprint density at radius 2 is 1.93 bits per heavy atom. The molecule has 0 saturated carbocycles. The van der Waals surface area contributed by atoms with E-state index in [0.717, 1.165) is 6.26 Å². The number of nitrogens with two attached hydrogens (primary N) is 1. The minimum atomic E-state index is -3.35. The Morgan fingerprint density at radius 3 is 2.36 bits per heavy atom. The Hall–Kier alpha value is -1.01. The van der Waals surface area contributed by atoms with E-state index in [2.05, 4.69) is 9.97 Å². The third kappa shape index (κ3) is 2.49. The summed E-state index contributed by atoms with van der Waals surface area (Å²) in [7, 11) is -3.35. The van der Waals surface area contributed by atoms with Crippen LogP contribution in [0.25, 0.3) is 0 Å². The van der Waals surface area contributed by atoms with Crippen LogP contribution in [0.15, 0.2) is 11.2 Å². The van der Waals surface area contributed by atoms with E-state index in [-0.39, 0.29) is 11.7 Å². The first-order valence-electron chi connectivity index (χ1n) is 4.24. The zero-order valence-corrected chi connectivity index (χ0v) is 9.00. The molecule has 1 rings (SSSR count). The Labute approximate surface area is 83.3 Å². The van der Waals surface area contributed by atoms with E-state index in [1.807, 2.05) is 6.92 Å². The van der Waals surface area contributed by atoms with Gasteiger partial charge in [0.25, 0.3) is 0 Å². The summed E-state index contributed by atoms with van der Waals surface area (Å²) in [6.45, 7) is 2.12. The van der Waals surface area contributed by atoms with E-state index >= 15 is 0 Å². The molecule has 0 bridgehead atoms. The molecule has 2 N–H and O–H groups in total. The van der Waals surface area contributed by atoms with E-state index in [0.29, 0.717) is 17.8 Å². The van der Waals surface area contributed by atoms with E-state index < -0.39 is 9.84 Å². The van der Waals surface area contributed by atoms with Crippen LogP contribution in [-0.2, 0) is 22.8 Å². The smallest absolute Gasteiger partial charge is 0.247 e. The van der Waals surface area contributed by atoms with E-state index in [1.165, 1.54) is 0 Å². The van der Waals surface area contributed by atoms with Gasteiger partial charge in [-0.25, -0.2) is 18.4 Å². The fraction of sp³-hybridized carbons (Fsp3) is 0.500. The topological polar surface area (TPSA) is 85.9 Å². The first kappa shape index (κ1) is 11.1. The monoisotopic (exact) mass is 215 g/mol. The van der Waals surface area contributed by atoms with Gasteiger partial charge in [-0.2, -0.15) is 0 Å². The minimum Gasteiger partial charge on any atom is -0.325 e. The molecule has 0 fully saturated rings. The van der Waals surface area contributed by atoms with Gasteiger partial charge in [-0.1, -0.05) is 6.92 Å². The standard InChI is InChI=1S/C8H13N3O2S/c1-3-6-4-7(5-9)11-8(10-6)14(2,12)13/h4H,3,5,9H2,1-2H3. The largest absolute Gasteiger partial charge is 0.325 e. The van der Waals surface area contributed by atoms with Crippen LogP contribution < -0.4 is 5.73 Å². The lowest BCUT2D eigenvalue weighted by Crippen LogP contribution is -2.10. The lowest BCUT2D eigenvalue weighted by Gasteiger charge is -2.03. The van der Waals surface area contributed by atoms with Gasteiger partial charge in [-0.15, -0.1) is 0 Å². The van der Waals surface area contributed by atoms with Crippen LogP contribution in [0.5, 0.6) is 0 Å². The minimum absolute atomic E-state index is 0.141. The first-order valence-corrected chi connectivity index (χ1v) is 6.13. The number of rotatable bonds is 3. The van der Waals surface area contributed by atoms with Gasteiger partial charge in [-0.3, -0.25) is 0 Å². The zero-order valence-electron chi connectivity index (χ0n) is 8.19. The van der Waals surface area contributed by atoms with Crippen LogP contribution in [0.3, 0.4) is 0 Å². The summed E-state index contributed by atoms with van der Waals surface area (Å²) in [5.74, 6) is 0. The third-order valence-electron chi connectivity index (χ3n) is 1.71. The molecule has 0 atom stereocenters. The van der Waals surface area contributed by atoms with Crippen LogP contribution in [0.2, 0.25) is 0 Å². The number of aryl methyl sites for hydroxylation is 1. The highest BCUT2D eigenvalue weighted by Crippen LogP contribution is 2.06. The first-order chi connectivity index (χ1) is 6.47. The van der Waals surface area contributed by atoms with Crippen molar-refractivity contribution >= 4 is 9.84 Å². The van der Waals surface area contributed by atoms with Crippen LogP contribution in [0.4, 0.5) is 0 Å². The normalized spacial score (nSPS) is 11.6. The molecule has 0 unspecified atom stereocenters. The molecule has 6 heteroatoms. The summed E-state index contributed by atoms with van der Waals surface area (Å²) in [5.41, 5.74) is 6.65. The number of nitrogens with zero attached hydrogens (tertiary/aromatic N) is 2. The summed E-state index contributed by atoms with van der Waals surface area (Å²) in [5, 5.41) is -0.141. The average Bonchev–Trinajstić information content (AvgIpc) is 2.15. The lowest BCUT2D eigenvalue weighted by atomic mass is 10.3. The van der Waals surface area contributed by atoms with Crippen molar-refractivity contribution in [2.75, 3.05) is 6.26 Å².